The molecule has 7 nitrogen and oxygen atoms in total. The Hall–Kier alpha value is -3.29. The van der Waals surface area contributed by atoms with Gasteiger partial charge in [0.2, 0.25) is 0 Å². The largest absolute Gasteiger partial charge is 0.467 e. The molecule has 0 aliphatic rings. The molecule has 2 aromatic carbocycles. The number of furan rings is 1. The van der Waals surface area contributed by atoms with E-state index in [1.165, 1.54) is 0 Å². The molecule has 35 heavy (non-hydrogen) atoms. The van der Waals surface area contributed by atoms with E-state index < -0.39 is 6.04 Å². The standard InChI is InChI=1S/C26H26Cl2N4O3/c1-3-13-31-24(30-22-10-6-5-9-19(22)25(31)33)23(4-2)32(16-18-8-7-14-35-18)26(34)29-17-11-12-20(27)21(28)15-17/h5-12,14-15,23H,3-4,13,16H2,1-2H3,(H,29,34). The lowest BCUT2D eigenvalue weighted by Gasteiger charge is -2.32. The SMILES string of the molecule is CCCn1c(C(CC)N(Cc2ccco2)C(=O)Nc2ccc(Cl)c(Cl)c2)nc2ccccc2c1=O. The van der Waals surface area contributed by atoms with E-state index in [2.05, 4.69) is 5.32 Å². The van der Waals surface area contributed by atoms with Crippen molar-refractivity contribution in [3.63, 3.8) is 0 Å². The van der Waals surface area contributed by atoms with E-state index in [0.29, 0.717) is 51.2 Å². The number of hydrogen-bond acceptors (Lipinski definition) is 4. The molecular formula is C26H26Cl2N4O3. The van der Waals surface area contributed by atoms with Gasteiger partial charge in [0.15, 0.2) is 0 Å². The van der Waals surface area contributed by atoms with Crippen LogP contribution in [0.5, 0.6) is 0 Å². The number of rotatable bonds is 8. The first-order valence-electron chi connectivity index (χ1n) is 11.5. The van der Waals surface area contributed by atoms with Crippen molar-refractivity contribution in [2.24, 2.45) is 0 Å². The van der Waals surface area contributed by atoms with Gasteiger partial charge in [-0.25, -0.2) is 9.78 Å². The molecule has 1 unspecified atom stereocenters. The summed E-state index contributed by atoms with van der Waals surface area (Å²) in [5.74, 6) is 1.15. The maximum absolute atomic E-state index is 13.6. The second-order valence-corrected chi connectivity index (χ2v) is 8.95. The Morgan fingerprint density at radius 2 is 1.91 bits per heavy atom. The van der Waals surface area contributed by atoms with Crippen LogP contribution in [0.4, 0.5) is 10.5 Å². The lowest BCUT2D eigenvalue weighted by Crippen LogP contribution is -2.40. The highest BCUT2D eigenvalue weighted by Crippen LogP contribution is 2.29. The number of carbonyl (C=O) groups is 1. The van der Waals surface area contributed by atoms with E-state index in [0.717, 1.165) is 6.42 Å². The maximum atomic E-state index is 13.6. The zero-order valence-electron chi connectivity index (χ0n) is 19.5. The average Bonchev–Trinajstić information content (AvgIpc) is 3.37. The van der Waals surface area contributed by atoms with Gasteiger partial charge >= 0.3 is 6.03 Å². The van der Waals surface area contributed by atoms with Gasteiger partial charge in [0.1, 0.15) is 11.6 Å². The number of amides is 2. The van der Waals surface area contributed by atoms with Crippen LogP contribution in [0.2, 0.25) is 10.0 Å². The van der Waals surface area contributed by atoms with Crippen LogP contribution in [0.25, 0.3) is 10.9 Å². The van der Waals surface area contributed by atoms with Crippen LogP contribution in [-0.4, -0.2) is 20.5 Å². The Morgan fingerprint density at radius 3 is 2.60 bits per heavy atom. The monoisotopic (exact) mass is 512 g/mol. The Morgan fingerprint density at radius 1 is 1.11 bits per heavy atom. The number of nitrogens with one attached hydrogen (secondary N) is 1. The van der Waals surface area contributed by atoms with Gasteiger partial charge in [-0.15, -0.1) is 0 Å². The molecule has 0 saturated carbocycles. The summed E-state index contributed by atoms with van der Waals surface area (Å²) in [5.41, 5.74) is 0.982. The van der Waals surface area contributed by atoms with Crippen molar-refractivity contribution in [1.29, 1.82) is 0 Å². The lowest BCUT2D eigenvalue weighted by atomic mass is 10.1. The molecule has 9 heteroatoms. The minimum atomic E-state index is -0.494. The van der Waals surface area contributed by atoms with Crippen molar-refractivity contribution >= 4 is 45.8 Å². The summed E-state index contributed by atoms with van der Waals surface area (Å²) >= 11 is 12.2. The van der Waals surface area contributed by atoms with Crippen LogP contribution in [0.3, 0.4) is 0 Å². The predicted octanol–water partition coefficient (Wildman–Crippen LogP) is 6.89. The van der Waals surface area contributed by atoms with Crippen molar-refractivity contribution in [3.05, 3.63) is 92.8 Å². The molecule has 1 atom stereocenters. The molecule has 4 rings (SSSR count). The molecule has 0 radical (unpaired) electrons. The first-order valence-corrected chi connectivity index (χ1v) is 12.2. The van der Waals surface area contributed by atoms with Crippen molar-refractivity contribution in [3.8, 4) is 0 Å². The van der Waals surface area contributed by atoms with Gasteiger partial charge < -0.3 is 14.6 Å². The predicted molar refractivity (Wildman–Crippen MR) is 139 cm³/mol. The summed E-state index contributed by atoms with van der Waals surface area (Å²) in [7, 11) is 0. The molecule has 2 amide bonds. The van der Waals surface area contributed by atoms with Crippen LogP contribution >= 0.6 is 23.2 Å². The second-order valence-electron chi connectivity index (χ2n) is 8.13. The Balaban J connectivity index is 1.80. The van der Waals surface area contributed by atoms with Gasteiger partial charge in [-0.2, -0.15) is 0 Å². The molecule has 0 aliphatic heterocycles. The number of fused-ring (bicyclic) bond motifs is 1. The van der Waals surface area contributed by atoms with E-state index >= 15 is 0 Å². The number of nitrogens with zero attached hydrogens (tertiary/aromatic N) is 3. The van der Waals surface area contributed by atoms with Crippen molar-refractivity contribution < 1.29 is 9.21 Å². The van der Waals surface area contributed by atoms with E-state index in [1.807, 2.05) is 32.0 Å². The molecule has 1 N–H and O–H groups in total. The van der Waals surface area contributed by atoms with E-state index in [9.17, 15) is 9.59 Å². The van der Waals surface area contributed by atoms with Crippen LogP contribution in [-0.2, 0) is 13.1 Å². The third kappa shape index (κ3) is 5.36. The Bertz CT molecular complexity index is 1390. The molecule has 0 saturated heterocycles. The quantitative estimate of drug-likeness (QED) is 0.278. The summed E-state index contributed by atoms with van der Waals surface area (Å²) in [6.45, 7) is 4.65. The normalized spacial score (nSPS) is 12.0. The van der Waals surface area contributed by atoms with Gasteiger partial charge in [0, 0.05) is 12.2 Å². The number of aromatic nitrogens is 2. The summed E-state index contributed by atoms with van der Waals surface area (Å²) in [6, 6.07) is 14.9. The summed E-state index contributed by atoms with van der Waals surface area (Å²) < 4.78 is 7.23. The molecule has 4 aromatic rings. The molecule has 2 heterocycles. The van der Waals surface area contributed by atoms with E-state index in [4.69, 9.17) is 32.6 Å². The zero-order valence-corrected chi connectivity index (χ0v) is 21.0. The molecule has 2 aromatic heterocycles. The van der Waals surface area contributed by atoms with Crippen LogP contribution in [0, 0.1) is 0 Å². The number of para-hydroxylation sites is 1. The first-order chi connectivity index (χ1) is 16.9. The highest BCUT2D eigenvalue weighted by molar-refractivity contribution is 6.42. The van der Waals surface area contributed by atoms with Gasteiger partial charge in [-0.3, -0.25) is 9.36 Å². The fourth-order valence-corrected chi connectivity index (χ4v) is 4.38. The number of carbonyl (C=O) groups excluding carboxylic acids is 1. The minimum absolute atomic E-state index is 0.117. The summed E-state index contributed by atoms with van der Waals surface area (Å²) in [6.07, 6.45) is 2.84. The van der Waals surface area contributed by atoms with Crippen LogP contribution < -0.4 is 10.9 Å². The van der Waals surface area contributed by atoms with E-state index in [-0.39, 0.29) is 18.1 Å². The fraction of sp³-hybridized carbons (Fsp3) is 0.269. The number of halogens is 2. The Labute approximate surface area is 213 Å². The molecule has 0 aliphatic carbocycles. The minimum Gasteiger partial charge on any atom is -0.467 e. The number of benzene rings is 2. The number of anilines is 1. The summed E-state index contributed by atoms with van der Waals surface area (Å²) in [5, 5.41) is 4.18. The topological polar surface area (TPSA) is 80.4 Å². The van der Waals surface area contributed by atoms with Crippen molar-refractivity contribution in [2.75, 3.05) is 5.32 Å². The fourth-order valence-electron chi connectivity index (χ4n) is 4.08. The third-order valence-corrected chi connectivity index (χ3v) is 6.48. The number of urea groups is 1. The van der Waals surface area contributed by atoms with Gasteiger partial charge in [-0.1, -0.05) is 49.2 Å². The zero-order chi connectivity index (χ0) is 24.9. The highest BCUT2D eigenvalue weighted by Gasteiger charge is 2.29. The highest BCUT2D eigenvalue weighted by atomic mass is 35.5. The Kier molecular flexibility index (Phi) is 7.78. The second kappa shape index (κ2) is 11.0. The van der Waals surface area contributed by atoms with Gasteiger partial charge in [0.25, 0.3) is 5.56 Å². The number of hydrogen-bond donors (Lipinski definition) is 1. The molecule has 182 valence electrons. The summed E-state index contributed by atoms with van der Waals surface area (Å²) in [4.78, 5) is 33.5. The maximum Gasteiger partial charge on any atom is 0.322 e. The van der Waals surface area contributed by atoms with Gasteiger partial charge in [-0.05, 0) is 55.3 Å². The van der Waals surface area contributed by atoms with Crippen molar-refractivity contribution in [2.45, 2.75) is 45.8 Å². The van der Waals surface area contributed by atoms with E-state index in [1.54, 1.807) is 52.1 Å². The van der Waals surface area contributed by atoms with Crippen molar-refractivity contribution in [1.82, 2.24) is 14.5 Å². The molecule has 0 spiro atoms. The molecule has 0 fully saturated rings. The molecular weight excluding hydrogens is 487 g/mol. The lowest BCUT2D eigenvalue weighted by molar-refractivity contribution is 0.169. The third-order valence-electron chi connectivity index (χ3n) is 5.74. The molecule has 0 bridgehead atoms. The first kappa shape index (κ1) is 24.8. The van der Waals surface area contributed by atoms with Crippen LogP contribution in [0.15, 0.2) is 70.1 Å². The van der Waals surface area contributed by atoms with Gasteiger partial charge in [0.05, 0.1) is 39.8 Å². The van der Waals surface area contributed by atoms with Crippen LogP contribution in [0.1, 0.15) is 44.3 Å². The average molecular weight is 513 g/mol. The smallest absolute Gasteiger partial charge is 0.322 e.